The Morgan fingerprint density at radius 2 is 1.70 bits per heavy atom. The van der Waals surface area contributed by atoms with E-state index in [9.17, 15) is 8.78 Å². The average Bonchev–Trinajstić information content (AvgIpc) is 2.69. The molecule has 0 aliphatic carbocycles. The van der Waals surface area contributed by atoms with Gasteiger partial charge in [0, 0.05) is 6.07 Å². The molecule has 0 spiro atoms. The van der Waals surface area contributed by atoms with Crippen LogP contribution in [-0.4, -0.2) is 9.55 Å². The minimum absolute atomic E-state index is 0.0423. The van der Waals surface area contributed by atoms with Gasteiger partial charge in [0.05, 0.1) is 26.8 Å². The van der Waals surface area contributed by atoms with Gasteiger partial charge in [-0.3, -0.25) is 4.57 Å². The van der Waals surface area contributed by atoms with Crippen molar-refractivity contribution in [3.05, 3.63) is 52.0 Å². The molecule has 0 radical (unpaired) electrons. The number of nitrogen functional groups attached to an aromatic ring is 1. The zero-order valence-corrected chi connectivity index (χ0v) is 11.4. The lowest BCUT2D eigenvalue weighted by atomic mass is 10.2. The van der Waals surface area contributed by atoms with Crippen LogP contribution in [0.5, 0.6) is 0 Å². The predicted molar refractivity (Wildman–Crippen MR) is 75.4 cm³/mol. The minimum atomic E-state index is -0.589. The van der Waals surface area contributed by atoms with Gasteiger partial charge in [-0.05, 0) is 24.3 Å². The van der Waals surface area contributed by atoms with Gasteiger partial charge in [-0.2, -0.15) is 0 Å². The number of hydrogen-bond acceptors (Lipinski definition) is 2. The number of fused-ring (bicyclic) bond motifs is 1. The number of halogens is 4. The second kappa shape index (κ2) is 4.61. The summed E-state index contributed by atoms with van der Waals surface area (Å²) in [6.45, 7) is 0. The summed E-state index contributed by atoms with van der Waals surface area (Å²) in [4.78, 5) is 4.10. The zero-order chi connectivity index (χ0) is 14.4. The monoisotopic (exact) mass is 313 g/mol. The van der Waals surface area contributed by atoms with E-state index in [2.05, 4.69) is 4.98 Å². The smallest absolute Gasteiger partial charge is 0.205 e. The standard InChI is InChI=1S/C13H7Cl2F2N3/c14-7-3-6(1-2-9(7)16)20-12-5-10(17)8(15)4-11(12)19-13(20)18/h1-5H,(H2,18,19). The summed E-state index contributed by atoms with van der Waals surface area (Å²) in [5.74, 6) is -1.01. The molecular weight excluding hydrogens is 307 g/mol. The van der Waals surface area contributed by atoms with Crippen molar-refractivity contribution >= 4 is 40.2 Å². The normalized spacial score (nSPS) is 11.2. The van der Waals surface area contributed by atoms with Gasteiger partial charge in [0.25, 0.3) is 0 Å². The van der Waals surface area contributed by atoms with Crippen LogP contribution < -0.4 is 5.73 Å². The van der Waals surface area contributed by atoms with Gasteiger partial charge in [-0.25, -0.2) is 13.8 Å². The Kier molecular flexibility index (Phi) is 3.03. The Hall–Kier alpha value is -1.85. The molecule has 0 saturated carbocycles. The van der Waals surface area contributed by atoms with E-state index >= 15 is 0 Å². The lowest BCUT2D eigenvalue weighted by Crippen LogP contribution is -2.01. The number of rotatable bonds is 1. The third kappa shape index (κ3) is 1.99. The SMILES string of the molecule is Nc1nc2cc(Cl)c(F)cc2n1-c1ccc(F)c(Cl)c1. The number of nitrogens with two attached hydrogens (primary N) is 1. The third-order valence-electron chi connectivity index (χ3n) is 2.88. The topological polar surface area (TPSA) is 43.8 Å². The van der Waals surface area contributed by atoms with Crippen molar-refractivity contribution in [2.45, 2.75) is 0 Å². The highest BCUT2D eigenvalue weighted by Gasteiger charge is 2.14. The Morgan fingerprint density at radius 3 is 2.40 bits per heavy atom. The zero-order valence-electron chi connectivity index (χ0n) is 9.87. The minimum Gasteiger partial charge on any atom is -0.369 e. The van der Waals surface area contributed by atoms with Crippen LogP contribution in [0.2, 0.25) is 10.0 Å². The Morgan fingerprint density at radius 1 is 1.00 bits per heavy atom. The van der Waals surface area contributed by atoms with Crippen molar-refractivity contribution in [2.24, 2.45) is 0 Å². The molecule has 0 atom stereocenters. The van der Waals surface area contributed by atoms with Crippen LogP contribution in [0.4, 0.5) is 14.7 Å². The van der Waals surface area contributed by atoms with Gasteiger partial charge in [0.2, 0.25) is 5.95 Å². The largest absolute Gasteiger partial charge is 0.369 e. The molecule has 3 rings (SSSR count). The number of benzene rings is 2. The molecule has 0 bridgehead atoms. The maximum Gasteiger partial charge on any atom is 0.205 e. The maximum absolute atomic E-state index is 13.6. The summed E-state index contributed by atoms with van der Waals surface area (Å²) in [5.41, 5.74) is 7.17. The molecule has 1 aromatic heterocycles. The molecule has 0 amide bonds. The van der Waals surface area contributed by atoms with Crippen LogP contribution in [-0.2, 0) is 0 Å². The molecule has 0 aliphatic rings. The van der Waals surface area contributed by atoms with Gasteiger partial charge in [0.1, 0.15) is 11.6 Å². The summed E-state index contributed by atoms with van der Waals surface area (Å²) >= 11 is 11.5. The van der Waals surface area contributed by atoms with Gasteiger partial charge in [-0.1, -0.05) is 23.2 Å². The van der Waals surface area contributed by atoms with Crippen LogP contribution in [0.15, 0.2) is 30.3 Å². The molecule has 7 heteroatoms. The number of aromatic nitrogens is 2. The first-order chi connectivity index (χ1) is 9.47. The highest BCUT2D eigenvalue weighted by molar-refractivity contribution is 6.31. The van der Waals surface area contributed by atoms with Crippen molar-refractivity contribution in [3.8, 4) is 5.69 Å². The Bertz CT molecular complexity index is 830. The fraction of sp³-hybridized carbons (Fsp3) is 0. The van der Waals surface area contributed by atoms with Crippen molar-refractivity contribution in [3.63, 3.8) is 0 Å². The second-order valence-corrected chi connectivity index (χ2v) is 4.97. The van der Waals surface area contributed by atoms with Crippen LogP contribution in [0.1, 0.15) is 0 Å². The molecule has 2 aromatic carbocycles. The van der Waals surface area contributed by atoms with E-state index in [4.69, 9.17) is 28.9 Å². The van der Waals surface area contributed by atoms with Gasteiger partial charge >= 0.3 is 0 Å². The molecule has 3 nitrogen and oxygen atoms in total. The molecule has 2 N–H and O–H groups in total. The number of anilines is 1. The van der Waals surface area contributed by atoms with Gasteiger partial charge in [-0.15, -0.1) is 0 Å². The lowest BCUT2D eigenvalue weighted by molar-refractivity contribution is 0.627. The molecule has 0 fully saturated rings. The first kappa shape index (κ1) is 13.1. The van der Waals surface area contributed by atoms with Crippen molar-refractivity contribution in [1.82, 2.24) is 9.55 Å². The lowest BCUT2D eigenvalue weighted by Gasteiger charge is -2.07. The third-order valence-corrected chi connectivity index (χ3v) is 3.46. The molecule has 0 unspecified atom stereocenters. The predicted octanol–water partition coefficient (Wildman–Crippen LogP) is 4.19. The van der Waals surface area contributed by atoms with Crippen molar-refractivity contribution in [1.29, 1.82) is 0 Å². The maximum atomic E-state index is 13.6. The van der Waals surface area contributed by atoms with Gasteiger partial charge in [0.15, 0.2) is 0 Å². The first-order valence-corrected chi connectivity index (χ1v) is 6.31. The summed E-state index contributed by atoms with van der Waals surface area (Å²) < 4.78 is 28.3. The quantitative estimate of drug-likeness (QED) is 0.732. The molecule has 20 heavy (non-hydrogen) atoms. The van der Waals surface area contributed by atoms with Gasteiger partial charge < -0.3 is 5.73 Å². The molecule has 3 aromatic rings. The highest BCUT2D eigenvalue weighted by Crippen LogP contribution is 2.29. The number of imidazole rings is 1. The van der Waals surface area contributed by atoms with E-state index in [-0.39, 0.29) is 16.0 Å². The Labute approximate surface area is 122 Å². The van der Waals surface area contributed by atoms with Crippen LogP contribution in [0.25, 0.3) is 16.7 Å². The molecule has 0 aliphatic heterocycles. The molecule has 1 heterocycles. The second-order valence-electron chi connectivity index (χ2n) is 4.16. The average molecular weight is 314 g/mol. The molecule has 0 saturated heterocycles. The van der Waals surface area contributed by atoms with Crippen molar-refractivity contribution in [2.75, 3.05) is 5.73 Å². The molecule has 102 valence electrons. The van der Waals surface area contributed by atoms with Crippen molar-refractivity contribution < 1.29 is 8.78 Å². The van der Waals surface area contributed by atoms with E-state index in [1.165, 1.54) is 34.9 Å². The van der Waals surface area contributed by atoms with E-state index < -0.39 is 11.6 Å². The van der Waals surface area contributed by atoms with Crippen LogP contribution in [0.3, 0.4) is 0 Å². The first-order valence-electron chi connectivity index (χ1n) is 5.56. The van der Waals surface area contributed by atoms with E-state index in [1.807, 2.05) is 0 Å². The summed E-state index contributed by atoms with van der Waals surface area (Å²) in [7, 11) is 0. The summed E-state index contributed by atoms with van der Waals surface area (Å²) in [6.07, 6.45) is 0. The fourth-order valence-corrected chi connectivity index (χ4v) is 2.32. The summed E-state index contributed by atoms with van der Waals surface area (Å²) in [6, 6.07) is 6.67. The Balaban J connectivity index is 2.32. The van der Waals surface area contributed by atoms with Crippen LogP contribution in [0, 0.1) is 11.6 Å². The van der Waals surface area contributed by atoms with Crippen LogP contribution >= 0.6 is 23.2 Å². The number of nitrogens with zero attached hydrogens (tertiary/aromatic N) is 2. The van der Waals surface area contributed by atoms with E-state index in [0.29, 0.717) is 16.7 Å². The molecular formula is C13H7Cl2F2N3. The van der Waals surface area contributed by atoms with E-state index in [0.717, 1.165) is 0 Å². The fourth-order valence-electron chi connectivity index (χ4n) is 1.99. The number of hydrogen-bond donors (Lipinski definition) is 1. The summed E-state index contributed by atoms with van der Waals surface area (Å²) in [5, 5.41) is -0.0996. The van der Waals surface area contributed by atoms with E-state index in [1.54, 1.807) is 0 Å². The highest BCUT2D eigenvalue weighted by atomic mass is 35.5.